The minimum absolute atomic E-state index is 0.0614. The minimum atomic E-state index is 0.0614. The van der Waals surface area contributed by atoms with Gasteiger partial charge in [-0.05, 0) is 54.0 Å². The van der Waals surface area contributed by atoms with Gasteiger partial charge in [0, 0.05) is 6.20 Å². The SMILES string of the molecule is CC(NC(C)c1nnc2ccccn12)c1ccc(Br)o1. The Morgan fingerprint density at radius 2 is 2.00 bits per heavy atom. The fraction of sp³-hybridized carbons (Fsp3) is 0.286. The third kappa shape index (κ3) is 2.48. The summed E-state index contributed by atoms with van der Waals surface area (Å²) in [4.78, 5) is 0. The van der Waals surface area contributed by atoms with E-state index in [0.29, 0.717) is 0 Å². The van der Waals surface area contributed by atoms with Crippen LogP contribution >= 0.6 is 15.9 Å². The minimum Gasteiger partial charge on any atom is -0.453 e. The molecule has 0 radical (unpaired) electrons. The third-order valence-corrected chi connectivity index (χ3v) is 3.67. The maximum absolute atomic E-state index is 5.56. The summed E-state index contributed by atoms with van der Waals surface area (Å²) < 4.78 is 8.29. The van der Waals surface area contributed by atoms with Gasteiger partial charge in [-0.3, -0.25) is 9.72 Å². The lowest BCUT2D eigenvalue weighted by Gasteiger charge is -2.17. The molecule has 0 amide bonds. The summed E-state index contributed by atoms with van der Waals surface area (Å²) in [6.07, 6.45) is 1.97. The van der Waals surface area contributed by atoms with Crippen molar-refractivity contribution in [1.82, 2.24) is 19.9 Å². The van der Waals surface area contributed by atoms with Crippen molar-refractivity contribution in [3.63, 3.8) is 0 Å². The van der Waals surface area contributed by atoms with E-state index in [2.05, 4.69) is 45.3 Å². The molecule has 0 aromatic carbocycles. The quantitative estimate of drug-likeness (QED) is 0.793. The molecular weight excluding hydrogens is 320 g/mol. The van der Waals surface area contributed by atoms with Crippen LogP contribution < -0.4 is 5.32 Å². The normalized spacial score (nSPS) is 14.6. The molecule has 5 nitrogen and oxygen atoms in total. The fourth-order valence-corrected chi connectivity index (χ4v) is 2.57. The summed E-state index contributed by atoms with van der Waals surface area (Å²) >= 11 is 3.32. The molecule has 3 aromatic heterocycles. The van der Waals surface area contributed by atoms with Gasteiger partial charge in [0.15, 0.2) is 16.1 Å². The Balaban J connectivity index is 1.80. The van der Waals surface area contributed by atoms with Crippen molar-refractivity contribution in [2.24, 2.45) is 0 Å². The molecule has 104 valence electrons. The molecule has 3 rings (SSSR count). The topological polar surface area (TPSA) is 55.4 Å². The van der Waals surface area contributed by atoms with E-state index >= 15 is 0 Å². The first-order valence-electron chi connectivity index (χ1n) is 6.46. The second-order valence-corrected chi connectivity index (χ2v) is 5.52. The van der Waals surface area contributed by atoms with Crippen molar-refractivity contribution in [2.45, 2.75) is 25.9 Å². The van der Waals surface area contributed by atoms with E-state index in [0.717, 1.165) is 21.9 Å². The van der Waals surface area contributed by atoms with E-state index in [9.17, 15) is 0 Å². The second-order valence-electron chi connectivity index (χ2n) is 4.74. The lowest BCUT2D eigenvalue weighted by Crippen LogP contribution is -2.23. The van der Waals surface area contributed by atoms with Crippen LogP contribution in [0, 0.1) is 0 Å². The summed E-state index contributed by atoms with van der Waals surface area (Å²) in [5.74, 6) is 1.77. The molecule has 0 bridgehead atoms. The number of aromatic nitrogens is 3. The number of nitrogens with one attached hydrogen (secondary N) is 1. The number of halogens is 1. The number of hydrogen-bond donors (Lipinski definition) is 1. The van der Waals surface area contributed by atoms with Crippen LogP contribution in [-0.2, 0) is 0 Å². The number of furan rings is 1. The van der Waals surface area contributed by atoms with Crippen LogP contribution in [0.5, 0.6) is 0 Å². The number of pyridine rings is 1. The van der Waals surface area contributed by atoms with Crippen LogP contribution in [0.2, 0.25) is 0 Å². The molecule has 3 heterocycles. The largest absolute Gasteiger partial charge is 0.453 e. The molecule has 0 aliphatic rings. The maximum atomic E-state index is 5.56. The van der Waals surface area contributed by atoms with Crippen LogP contribution in [0.3, 0.4) is 0 Å². The molecule has 2 atom stereocenters. The lowest BCUT2D eigenvalue weighted by molar-refractivity contribution is 0.387. The molecule has 0 aliphatic heterocycles. The Morgan fingerprint density at radius 3 is 2.75 bits per heavy atom. The van der Waals surface area contributed by atoms with Gasteiger partial charge in [0.25, 0.3) is 0 Å². The van der Waals surface area contributed by atoms with Gasteiger partial charge in [-0.1, -0.05) is 6.07 Å². The van der Waals surface area contributed by atoms with Crippen molar-refractivity contribution < 1.29 is 4.42 Å². The first-order chi connectivity index (χ1) is 9.65. The molecule has 0 saturated carbocycles. The maximum Gasteiger partial charge on any atom is 0.169 e. The molecule has 0 fully saturated rings. The Morgan fingerprint density at radius 1 is 1.15 bits per heavy atom. The summed E-state index contributed by atoms with van der Waals surface area (Å²) in [7, 11) is 0. The summed E-state index contributed by atoms with van der Waals surface area (Å²) in [6, 6.07) is 9.87. The molecule has 3 aromatic rings. The standard InChI is InChI=1S/C14H15BrN4O/c1-9(11-6-7-12(15)20-11)16-10(2)14-18-17-13-5-3-4-8-19(13)14/h3-10,16H,1-2H3. The van der Waals surface area contributed by atoms with E-state index in [1.54, 1.807) is 0 Å². The molecular formula is C14H15BrN4O. The smallest absolute Gasteiger partial charge is 0.169 e. The van der Waals surface area contributed by atoms with Crippen molar-refractivity contribution in [3.8, 4) is 0 Å². The Labute approximate surface area is 125 Å². The first kappa shape index (κ1) is 13.3. The van der Waals surface area contributed by atoms with Gasteiger partial charge in [0.2, 0.25) is 0 Å². The average molecular weight is 335 g/mol. The van der Waals surface area contributed by atoms with Crippen molar-refractivity contribution in [3.05, 3.63) is 52.8 Å². The zero-order valence-corrected chi connectivity index (χ0v) is 12.8. The molecule has 0 saturated heterocycles. The molecule has 1 N–H and O–H groups in total. The highest BCUT2D eigenvalue weighted by Crippen LogP contribution is 2.23. The van der Waals surface area contributed by atoms with Gasteiger partial charge in [-0.15, -0.1) is 10.2 Å². The van der Waals surface area contributed by atoms with Crippen molar-refractivity contribution in [1.29, 1.82) is 0 Å². The molecule has 6 heteroatoms. The van der Waals surface area contributed by atoms with Gasteiger partial charge < -0.3 is 4.42 Å². The van der Waals surface area contributed by atoms with E-state index in [4.69, 9.17) is 4.42 Å². The van der Waals surface area contributed by atoms with Crippen molar-refractivity contribution in [2.75, 3.05) is 0 Å². The van der Waals surface area contributed by atoms with Gasteiger partial charge in [-0.2, -0.15) is 0 Å². The average Bonchev–Trinajstić information content (AvgIpc) is 3.04. The van der Waals surface area contributed by atoms with Gasteiger partial charge >= 0.3 is 0 Å². The van der Waals surface area contributed by atoms with E-state index in [-0.39, 0.29) is 12.1 Å². The molecule has 0 aliphatic carbocycles. The number of nitrogens with zero attached hydrogens (tertiary/aromatic N) is 3. The van der Waals surface area contributed by atoms with E-state index < -0.39 is 0 Å². The summed E-state index contributed by atoms with van der Waals surface area (Å²) in [5.41, 5.74) is 0.851. The highest BCUT2D eigenvalue weighted by molar-refractivity contribution is 9.10. The Hall–Kier alpha value is -1.66. The zero-order chi connectivity index (χ0) is 14.1. The first-order valence-corrected chi connectivity index (χ1v) is 7.25. The number of fused-ring (bicyclic) bond motifs is 1. The molecule has 20 heavy (non-hydrogen) atoms. The van der Waals surface area contributed by atoms with Crippen molar-refractivity contribution >= 4 is 21.6 Å². The monoisotopic (exact) mass is 334 g/mol. The third-order valence-electron chi connectivity index (χ3n) is 3.25. The fourth-order valence-electron chi connectivity index (χ4n) is 2.25. The van der Waals surface area contributed by atoms with E-state index in [1.165, 1.54) is 0 Å². The van der Waals surface area contributed by atoms with Gasteiger partial charge in [0.05, 0.1) is 12.1 Å². The van der Waals surface area contributed by atoms with Crippen LogP contribution in [0.15, 0.2) is 45.6 Å². The van der Waals surface area contributed by atoms with Gasteiger partial charge in [-0.25, -0.2) is 0 Å². The predicted octanol–water partition coefficient (Wildman–Crippen LogP) is 3.50. The zero-order valence-electron chi connectivity index (χ0n) is 11.2. The lowest BCUT2D eigenvalue weighted by atomic mass is 10.2. The highest BCUT2D eigenvalue weighted by atomic mass is 79.9. The Kier molecular flexibility index (Phi) is 3.58. The predicted molar refractivity (Wildman–Crippen MR) is 79.4 cm³/mol. The summed E-state index contributed by atoms with van der Waals surface area (Å²) in [5, 5.41) is 11.9. The van der Waals surface area contributed by atoms with Gasteiger partial charge in [0.1, 0.15) is 5.76 Å². The van der Waals surface area contributed by atoms with Crippen LogP contribution in [0.4, 0.5) is 0 Å². The highest BCUT2D eigenvalue weighted by Gasteiger charge is 2.17. The molecule has 2 unspecified atom stereocenters. The number of hydrogen-bond acceptors (Lipinski definition) is 4. The second kappa shape index (κ2) is 5.38. The Bertz CT molecular complexity index is 721. The van der Waals surface area contributed by atoms with Crippen LogP contribution in [0.25, 0.3) is 5.65 Å². The van der Waals surface area contributed by atoms with Crippen LogP contribution in [-0.4, -0.2) is 14.6 Å². The number of rotatable bonds is 4. The van der Waals surface area contributed by atoms with E-state index in [1.807, 2.05) is 40.9 Å². The summed E-state index contributed by atoms with van der Waals surface area (Å²) in [6.45, 7) is 4.13. The molecule has 0 spiro atoms. The van der Waals surface area contributed by atoms with Crippen LogP contribution in [0.1, 0.15) is 37.5 Å².